The number of hydrogen-bond acceptors (Lipinski definition) is 12. The van der Waals surface area contributed by atoms with Gasteiger partial charge in [-0.05, 0) is 45.4 Å². The van der Waals surface area contributed by atoms with Crippen LogP contribution >= 0.6 is 11.8 Å². The van der Waals surface area contributed by atoms with Crippen molar-refractivity contribution in [3.63, 3.8) is 0 Å². The number of phenols is 1. The molecule has 12 heteroatoms. The van der Waals surface area contributed by atoms with Gasteiger partial charge in [0, 0.05) is 59.8 Å². The standard InChI is InChI=1S/C32H36N2O9S/c1-14-9-17-10-32(4)12-33(5)23(20(17)25(37)26(14)39-6)24-30-22-21(18(34(24)32)7-8-40-31(38)19(36)11-44-30)29-28(41-13-42-29)15(2)27(22)43-16(3)35/h9,18,23-24,30,37H,7-8,10-13H2,1-6H3/t18-,23+,24?,30+,32?/m0/s1. The Morgan fingerprint density at radius 1 is 1.11 bits per heavy atom. The Morgan fingerprint density at radius 2 is 1.86 bits per heavy atom. The number of Topliss-reactive ketones (excluding diaryl/α,β-unsaturated/α-hetero) is 1. The Labute approximate surface area is 259 Å². The normalized spacial score (nSPS) is 30.5. The van der Waals surface area contributed by atoms with Crippen molar-refractivity contribution in [2.24, 2.45) is 0 Å². The zero-order valence-corrected chi connectivity index (χ0v) is 26.5. The molecule has 234 valence electrons. The van der Waals surface area contributed by atoms with Gasteiger partial charge in [-0.1, -0.05) is 6.07 Å². The Bertz CT molecular complexity index is 1630. The maximum atomic E-state index is 13.0. The molecule has 6 atom stereocenters. The molecule has 4 bridgehead atoms. The third kappa shape index (κ3) is 4.06. The molecule has 0 spiro atoms. The Balaban J connectivity index is 1.57. The number of aromatic hydroxyl groups is 1. The molecular formula is C32H36N2O9S. The number of hydrogen-bond donors (Lipinski definition) is 1. The summed E-state index contributed by atoms with van der Waals surface area (Å²) < 4.78 is 29.3. The first-order chi connectivity index (χ1) is 21.0. The van der Waals surface area contributed by atoms with E-state index in [-0.39, 0.29) is 43.0 Å². The second-order valence-electron chi connectivity index (χ2n) is 12.6. The molecule has 2 aromatic rings. The monoisotopic (exact) mass is 624 g/mol. The van der Waals surface area contributed by atoms with Crippen LogP contribution in [0.25, 0.3) is 0 Å². The molecule has 2 aromatic carbocycles. The van der Waals surface area contributed by atoms with Gasteiger partial charge in [-0.15, -0.1) is 11.8 Å². The van der Waals surface area contributed by atoms with Crippen molar-refractivity contribution in [1.29, 1.82) is 0 Å². The Morgan fingerprint density at radius 3 is 2.59 bits per heavy atom. The number of fused-ring (bicyclic) bond motifs is 6. The van der Waals surface area contributed by atoms with Crippen LogP contribution in [0.2, 0.25) is 0 Å². The molecule has 44 heavy (non-hydrogen) atoms. The van der Waals surface area contributed by atoms with Gasteiger partial charge in [0.05, 0.1) is 30.8 Å². The number of carbonyl (C=O) groups is 3. The molecule has 3 unspecified atom stereocenters. The highest BCUT2D eigenvalue weighted by Gasteiger charge is 2.61. The van der Waals surface area contributed by atoms with E-state index in [1.807, 2.05) is 13.8 Å². The summed E-state index contributed by atoms with van der Waals surface area (Å²) in [7, 11) is 3.61. The van der Waals surface area contributed by atoms with E-state index in [0.717, 1.165) is 27.8 Å². The zero-order valence-electron chi connectivity index (χ0n) is 25.6. The SMILES string of the molecule is COc1c(C)cc2c(c1O)[C@@H]1C3[C@@H]4SCC(=O)C(=O)OCC[C@@H](c5c6c(c(C)c(OC(C)=O)c54)OCO6)N3C(C)(C2)CN1C. The number of phenolic OH excluding ortho intramolecular Hbond substituents is 1. The second kappa shape index (κ2) is 10.3. The minimum Gasteiger partial charge on any atom is -0.504 e. The number of likely N-dealkylation sites (N-methyl/N-ethyl adjacent to an activating group) is 1. The summed E-state index contributed by atoms with van der Waals surface area (Å²) >= 11 is 1.33. The van der Waals surface area contributed by atoms with Crippen LogP contribution in [0.4, 0.5) is 0 Å². The highest BCUT2D eigenvalue weighted by molar-refractivity contribution is 8.00. The molecule has 11 nitrogen and oxygen atoms in total. The van der Waals surface area contributed by atoms with Gasteiger partial charge in [-0.3, -0.25) is 19.4 Å². The zero-order chi connectivity index (χ0) is 31.2. The van der Waals surface area contributed by atoms with Gasteiger partial charge in [0.1, 0.15) is 5.75 Å². The summed E-state index contributed by atoms with van der Waals surface area (Å²) in [5.74, 6) is -0.0444. The van der Waals surface area contributed by atoms with Crippen LogP contribution in [-0.2, 0) is 25.5 Å². The summed E-state index contributed by atoms with van der Waals surface area (Å²) in [6.45, 7) is 8.09. The fraction of sp³-hybridized carbons (Fsp3) is 0.531. The first kappa shape index (κ1) is 29.2. The fourth-order valence-corrected chi connectivity index (χ4v) is 9.80. The number of esters is 2. The third-order valence-corrected chi connectivity index (χ3v) is 11.1. The number of nitrogens with zero attached hydrogens (tertiary/aromatic N) is 2. The third-order valence-electron chi connectivity index (χ3n) is 9.80. The first-order valence-electron chi connectivity index (χ1n) is 14.8. The van der Waals surface area contributed by atoms with Crippen molar-refractivity contribution in [3.8, 4) is 28.7 Å². The van der Waals surface area contributed by atoms with Crippen molar-refractivity contribution in [2.75, 3.05) is 39.9 Å². The average molecular weight is 625 g/mol. The molecule has 0 aromatic heterocycles. The molecule has 6 aliphatic heterocycles. The largest absolute Gasteiger partial charge is 0.504 e. The van der Waals surface area contributed by atoms with Gasteiger partial charge < -0.3 is 28.8 Å². The highest BCUT2D eigenvalue weighted by atomic mass is 32.2. The summed E-state index contributed by atoms with van der Waals surface area (Å²) in [6, 6.07) is 1.12. The molecule has 2 fully saturated rings. The number of methoxy groups -OCH3 is 1. The summed E-state index contributed by atoms with van der Waals surface area (Å²) in [6.07, 6.45) is 1.01. The van der Waals surface area contributed by atoms with Crippen LogP contribution in [0.1, 0.15) is 71.0 Å². The molecule has 0 radical (unpaired) electrons. The van der Waals surface area contributed by atoms with Crippen molar-refractivity contribution in [1.82, 2.24) is 9.80 Å². The maximum Gasteiger partial charge on any atom is 0.375 e. The lowest BCUT2D eigenvalue weighted by Crippen LogP contribution is -2.67. The molecule has 0 saturated carbocycles. The number of rotatable bonds is 2. The van der Waals surface area contributed by atoms with Crippen LogP contribution in [-0.4, -0.2) is 84.1 Å². The Hall–Kier alpha value is -3.48. The van der Waals surface area contributed by atoms with E-state index in [0.29, 0.717) is 47.9 Å². The quantitative estimate of drug-likeness (QED) is 0.298. The van der Waals surface area contributed by atoms with Gasteiger partial charge in [0.15, 0.2) is 23.0 Å². The van der Waals surface area contributed by atoms with E-state index >= 15 is 0 Å². The molecule has 0 amide bonds. The van der Waals surface area contributed by atoms with Crippen LogP contribution in [0.15, 0.2) is 6.07 Å². The van der Waals surface area contributed by atoms with Crippen LogP contribution in [0.5, 0.6) is 28.7 Å². The van der Waals surface area contributed by atoms with Gasteiger partial charge in [0.25, 0.3) is 0 Å². The molecule has 1 N–H and O–H groups in total. The fourth-order valence-electron chi connectivity index (χ4n) is 8.47. The molecular weight excluding hydrogens is 588 g/mol. The number of aryl methyl sites for hydroxylation is 1. The molecule has 6 heterocycles. The van der Waals surface area contributed by atoms with Gasteiger partial charge in [-0.2, -0.15) is 0 Å². The van der Waals surface area contributed by atoms with Gasteiger partial charge in [0.2, 0.25) is 12.6 Å². The average Bonchev–Trinajstić information content (AvgIpc) is 3.36. The first-order valence-corrected chi connectivity index (χ1v) is 15.9. The topological polar surface area (TPSA) is 124 Å². The molecule has 8 rings (SSSR count). The molecule has 6 aliphatic rings. The number of piperazine rings is 1. The molecule has 0 aliphatic carbocycles. The number of thioether (sulfide) groups is 1. The minimum absolute atomic E-state index is 0.0152. The second-order valence-corrected chi connectivity index (χ2v) is 13.7. The predicted molar refractivity (Wildman–Crippen MR) is 160 cm³/mol. The van der Waals surface area contributed by atoms with Crippen molar-refractivity contribution >= 4 is 29.5 Å². The van der Waals surface area contributed by atoms with E-state index in [1.165, 1.54) is 18.7 Å². The van der Waals surface area contributed by atoms with Gasteiger partial charge in [-0.25, -0.2) is 4.79 Å². The number of ketones is 1. The van der Waals surface area contributed by atoms with E-state index in [1.54, 1.807) is 7.11 Å². The molecule has 2 saturated heterocycles. The number of benzene rings is 2. The highest BCUT2D eigenvalue weighted by Crippen LogP contribution is 2.65. The van der Waals surface area contributed by atoms with E-state index in [4.69, 9.17) is 23.7 Å². The van der Waals surface area contributed by atoms with E-state index in [9.17, 15) is 19.5 Å². The maximum absolute atomic E-state index is 13.0. The van der Waals surface area contributed by atoms with Crippen molar-refractivity contribution in [2.45, 2.75) is 69.5 Å². The number of ether oxygens (including phenoxy) is 5. The summed E-state index contributed by atoms with van der Waals surface area (Å²) in [5, 5.41) is 11.3. The number of cyclic esters (lactones) is 1. The number of carbonyl (C=O) groups excluding carboxylic acids is 3. The van der Waals surface area contributed by atoms with Crippen LogP contribution in [0.3, 0.4) is 0 Å². The Kier molecular flexibility index (Phi) is 6.83. The van der Waals surface area contributed by atoms with Crippen molar-refractivity contribution in [3.05, 3.63) is 39.4 Å². The van der Waals surface area contributed by atoms with Gasteiger partial charge >= 0.3 is 11.9 Å². The lowest BCUT2D eigenvalue weighted by atomic mass is 9.75. The lowest BCUT2D eigenvalue weighted by molar-refractivity contribution is -0.153. The summed E-state index contributed by atoms with van der Waals surface area (Å²) in [4.78, 5) is 43.0. The summed E-state index contributed by atoms with van der Waals surface area (Å²) in [5.41, 5.74) is 4.45. The predicted octanol–water partition coefficient (Wildman–Crippen LogP) is 3.69. The van der Waals surface area contributed by atoms with E-state index in [2.05, 4.69) is 29.8 Å². The minimum atomic E-state index is -0.853. The van der Waals surface area contributed by atoms with E-state index < -0.39 is 28.5 Å². The smallest absolute Gasteiger partial charge is 0.375 e. The van der Waals surface area contributed by atoms with Crippen LogP contribution in [0, 0.1) is 13.8 Å². The lowest BCUT2D eigenvalue weighted by Gasteiger charge is -2.61. The van der Waals surface area contributed by atoms with Crippen molar-refractivity contribution < 1.29 is 43.2 Å². The van der Waals surface area contributed by atoms with Crippen LogP contribution < -0.4 is 18.9 Å².